The molecule has 2 rings (SSSR count). The van der Waals surface area contributed by atoms with Gasteiger partial charge in [0.1, 0.15) is 12.1 Å². The number of nitrogens with one attached hydrogen (secondary N) is 1. The fourth-order valence-corrected chi connectivity index (χ4v) is 1.89. The number of hydrogen-bond donors (Lipinski definition) is 1. The highest BCUT2D eigenvalue weighted by molar-refractivity contribution is 5.14. The zero-order valence-electron chi connectivity index (χ0n) is 11.9. The zero-order chi connectivity index (χ0) is 13.7. The number of aromatic nitrogens is 3. The van der Waals surface area contributed by atoms with Gasteiger partial charge in [-0.1, -0.05) is 20.8 Å². The molecule has 0 aliphatic carbocycles. The second-order valence-corrected chi connectivity index (χ2v) is 5.11. The van der Waals surface area contributed by atoms with Gasteiger partial charge in [0, 0.05) is 25.4 Å². The summed E-state index contributed by atoms with van der Waals surface area (Å²) in [6.45, 7) is 8.22. The average molecular weight is 262 g/mol. The molecule has 0 saturated carbocycles. The summed E-state index contributed by atoms with van der Waals surface area (Å²) in [7, 11) is 0. The maximum atomic E-state index is 5.53. The summed E-state index contributed by atoms with van der Waals surface area (Å²) >= 11 is 0. The highest BCUT2D eigenvalue weighted by atomic mass is 16.4. The number of aryl methyl sites for hydroxylation is 1. The summed E-state index contributed by atoms with van der Waals surface area (Å²) in [4.78, 5) is 8.81. The average Bonchev–Trinajstić information content (AvgIpc) is 2.97. The fraction of sp³-hybridized carbons (Fsp3) is 0.571. The second kappa shape index (κ2) is 6.52. The molecular weight excluding hydrogens is 240 g/mol. The first-order valence-corrected chi connectivity index (χ1v) is 6.88. The lowest BCUT2D eigenvalue weighted by Crippen LogP contribution is -2.19. The largest absolute Gasteiger partial charge is 0.431 e. The lowest BCUT2D eigenvalue weighted by atomic mass is 10.2. The van der Waals surface area contributed by atoms with Crippen LogP contribution < -0.4 is 5.32 Å². The molecule has 0 spiro atoms. The van der Waals surface area contributed by atoms with Crippen LogP contribution in [0.2, 0.25) is 0 Å². The predicted octanol–water partition coefficient (Wildman–Crippen LogP) is 2.56. The minimum atomic E-state index is 0.599. The molecule has 0 bridgehead atoms. The summed E-state index contributed by atoms with van der Waals surface area (Å²) in [5.74, 6) is 1.63. The molecule has 1 N–H and O–H groups in total. The maximum Gasteiger partial charge on any atom is 0.307 e. The van der Waals surface area contributed by atoms with E-state index in [1.165, 1.54) is 0 Å². The molecule has 0 amide bonds. The van der Waals surface area contributed by atoms with Gasteiger partial charge in [0.05, 0.1) is 5.69 Å². The Morgan fingerprint density at radius 1 is 1.42 bits per heavy atom. The topological polar surface area (TPSA) is 55.9 Å². The Kier molecular flexibility index (Phi) is 4.74. The van der Waals surface area contributed by atoms with Gasteiger partial charge in [-0.15, -0.1) is 0 Å². The van der Waals surface area contributed by atoms with Crippen molar-refractivity contribution >= 4 is 0 Å². The Balaban J connectivity index is 2.01. The first-order valence-electron chi connectivity index (χ1n) is 6.88. The SMILES string of the molecule is CCCc1nccn1-c1nc(CNCC(C)C)co1. The van der Waals surface area contributed by atoms with E-state index in [1.807, 2.05) is 10.8 Å². The van der Waals surface area contributed by atoms with Crippen molar-refractivity contribution < 1.29 is 4.42 Å². The number of rotatable bonds is 7. The molecule has 0 radical (unpaired) electrons. The van der Waals surface area contributed by atoms with E-state index in [4.69, 9.17) is 4.42 Å². The van der Waals surface area contributed by atoms with E-state index in [1.54, 1.807) is 12.5 Å². The van der Waals surface area contributed by atoms with E-state index < -0.39 is 0 Å². The third-order valence-electron chi connectivity index (χ3n) is 2.80. The summed E-state index contributed by atoms with van der Waals surface area (Å²) < 4.78 is 7.44. The highest BCUT2D eigenvalue weighted by Gasteiger charge is 2.10. The third-order valence-corrected chi connectivity index (χ3v) is 2.80. The molecule has 0 fully saturated rings. The summed E-state index contributed by atoms with van der Waals surface area (Å²) in [6, 6.07) is 0.599. The van der Waals surface area contributed by atoms with Crippen molar-refractivity contribution in [2.75, 3.05) is 6.54 Å². The Labute approximate surface area is 114 Å². The highest BCUT2D eigenvalue weighted by Crippen LogP contribution is 2.12. The second-order valence-electron chi connectivity index (χ2n) is 5.11. The van der Waals surface area contributed by atoms with Crippen LogP contribution >= 0.6 is 0 Å². The van der Waals surface area contributed by atoms with E-state index in [-0.39, 0.29) is 0 Å². The monoisotopic (exact) mass is 262 g/mol. The first-order chi connectivity index (χ1) is 9.20. The fourth-order valence-electron chi connectivity index (χ4n) is 1.89. The van der Waals surface area contributed by atoms with Crippen LogP contribution in [0.15, 0.2) is 23.1 Å². The van der Waals surface area contributed by atoms with Crippen molar-refractivity contribution in [3.63, 3.8) is 0 Å². The Morgan fingerprint density at radius 2 is 2.26 bits per heavy atom. The molecule has 0 aliphatic heterocycles. The molecular formula is C14H22N4O. The van der Waals surface area contributed by atoms with Gasteiger partial charge in [-0.2, -0.15) is 4.98 Å². The number of hydrogen-bond acceptors (Lipinski definition) is 4. The van der Waals surface area contributed by atoms with Gasteiger partial charge in [0.2, 0.25) is 0 Å². The van der Waals surface area contributed by atoms with Crippen molar-refractivity contribution in [1.29, 1.82) is 0 Å². The van der Waals surface area contributed by atoms with Crippen LogP contribution in [-0.2, 0) is 13.0 Å². The Bertz CT molecular complexity index is 501. The van der Waals surface area contributed by atoms with Crippen LogP contribution in [0.5, 0.6) is 0 Å². The van der Waals surface area contributed by atoms with Gasteiger partial charge in [-0.3, -0.25) is 4.57 Å². The van der Waals surface area contributed by atoms with Crippen molar-refractivity contribution in [3.8, 4) is 6.01 Å². The zero-order valence-corrected chi connectivity index (χ0v) is 11.9. The predicted molar refractivity (Wildman–Crippen MR) is 74.2 cm³/mol. The van der Waals surface area contributed by atoms with Crippen LogP contribution in [0.1, 0.15) is 38.7 Å². The molecule has 0 aromatic carbocycles. The smallest absolute Gasteiger partial charge is 0.307 e. The van der Waals surface area contributed by atoms with Gasteiger partial charge in [-0.05, 0) is 18.9 Å². The van der Waals surface area contributed by atoms with Gasteiger partial charge >= 0.3 is 6.01 Å². The summed E-state index contributed by atoms with van der Waals surface area (Å²) in [6.07, 6.45) is 7.36. The molecule has 0 aliphatic rings. The maximum absolute atomic E-state index is 5.53. The lowest BCUT2D eigenvalue weighted by Gasteiger charge is -2.04. The van der Waals surface area contributed by atoms with Crippen LogP contribution in [0.3, 0.4) is 0 Å². The van der Waals surface area contributed by atoms with Crippen molar-refractivity contribution in [3.05, 3.63) is 30.2 Å². The van der Waals surface area contributed by atoms with E-state index in [9.17, 15) is 0 Å². The Hall–Kier alpha value is -1.62. The van der Waals surface area contributed by atoms with E-state index in [2.05, 4.69) is 36.1 Å². The number of imidazole rings is 1. The van der Waals surface area contributed by atoms with Crippen LogP contribution in [0, 0.1) is 5.92 Å². The molecule has 19 heavy (non-hydrogen) atoms. The number of oxazole rings is 1. The summed E-state index contributed by atoms with van der Waals surface area (Å²) in [5, 5.41) is 3.35. The van der Waals surface area contributed by atoms with Gasteiger partial charge in [-0.25, -0.2) is 4.98 Å². The first kappa shape index (κ1) is 13.8. The Morgan fingerprint density at radius 3 is 3.00 bits per heavy atom. The van der Waals surface area contributed by atoms with Crippen molar-refractivity contribution in [1.82, 2.24) is 19.9 Å². The van der Waals surface area contributed by atoms with Gasteiger partial charge < -0.3 is 9.73 Å². The van der Waals surface area contributed by atoms with E-state index >= 15 is 0 Å². The van der Waals surface area contributed by atoms with Gasteiger partial charge in [0.25, 0.3) is 0 Å². The van der Waals surface area contributed by atoms with Gasteiger partial charge in [0.15, 0.2) is 0 Å². The van der Waals surface area contributed by atoms with Crippen molar-refractivity contribution in [2.24, 2.45) is 5.92 Å². The third kappa shape index (κ3) is 3.67. The van der Waals surface area contributed by atoms with Crippen LogP contribution in [0.4, 0.5) is 0 Å². The summed E-state index contributed by atoms with van der Waals surface area (Å²) in [5.41, 5.74) is 0.923. The lowest BCUT2D eigenvalue weighted by molar-refractivity contribution is 0.516. The molecule has 2 aromatic heterocycles. The van der Waals surface area contributed by atoms with Crippen LogP contribution in [-0.4, -0.2) is 21.1 Å². The standard InChI is InChI=1S/C14H22N4O/c1-4-5-13-16-6-7-18(13)14-17-12(10-19-14)9-15-8-11(2)3/h6-7,10-11,15H,4-5,8-9H2,1-3H3. The normalized spacial score (nSPS) is 11.4. The molecule has 0 saturated heterocycles. The minimum Gasteiger partial charge on any atom is -0.431 e. The molecule has 5 heteroatoms. The van der Waals surface area contributed by atoms with Crippen LogP contribution in [0.25, 0.3) is 6.01 Å². The number of nitrogens with zero attached hydrogens (tertiary/aromatic N) is 3. The molecule has 0 unspecified atom stereocenters. The van der Waals surface area contributed by atoms with Crippen molar-refractivity contribution in [2.45, 2.75) is 40.2 Å². The molecule has 2 heterocycles. The molecule has 0 atom stereocenters. The molecule has 5 nitrogen and oxygen atoms in total. The minimum absolute atomic E-state index is 0.599. The molecule has 104 valence electrons. The quantitative estimate of drug-likeness (QED) is 0.833. The molecule has 2 aromatic rings. The van der Waals surface area contributed by atoms with E-state index in [0.717, 1.165) is 37.4 Å². The van der Waals surface area contributed by atoms with E-state index in [0.29, 0.717) is 11.9 Å².